The Morgan fingerprint density at radius 1 is 1.06 bits per heavy atom. The summed E-state index contributed by atoms with van der Waals surface area (Å²) >= 11 is 0. The van der Waals surface area contributed by atoms with E-state index in [0.717, 1.165) is 0 Å². The first-order valence-corrected chi connectivity index (χ1v) is 7.43. The molecule has 0 rings (SSSR count). The number of aliphatic hydroxyl groups excluding tert-OH is 1. The standard InChI is InChI=1S/C12H26O3S/c1-11(2,3)10(13)8-7-9-16(14,15)12(4,5)6/h10,13H,7-9H2,1-6H3. The number of hydrogen-bond donors (Lipinski definition) is 1. The number of hydrogen-bond acceptors (Lipinski definition) is 3. The molecule has 1 N–H and O–H groups in total. The van der Waals surface area contributed by atoms with Crippen molar-refractivity contribution in [3.63, 3.8) is 0 Å². The maximum Gasteiger partial charge on any atom is 0.155 e. The average molecular weight is 250 g/mol. The molecular formula is C12H26O3S. The largest absolute Gasteiger partial charge is 0.393 e. The number of aliphatic hydroxyl groups is 1. The van der Waals surface area contributed by atoms with E-state index in [1.165, 1.54) is 0 Å². The van der Waals surface area contributed by atoms with Crippen LogP contribution in [0.25, 0.3) is 0 Å². The summed E-state index contributed by atoms with van der Waals surface area (Å²) in [5, 5.41) is 9.79. The highest BCUT2D eigenvalue weighted by molar-refractivity contribution is 7.92. The van der Waals surface area contributed by atoms with Gasteiger partial charge in [0.05, 0.1) is 16.6 Å². The van der Waals surface area contributed by atoms with Crippen LogP contribution in [-0.4, -0.2) is 30.1 Å². The van der Waals surface area contributed by atoms with Crippen molar-refractivity contribution in [1.82, 2.24) is 0 Å². The predicted molar refractivity (Wildman–Crippen MR) is 68.2 cm³/mol. The topological polar surface area (TPSA) is 54.4 Å². The second kappa shape index (κ2) is 5.05. The summed E-state index contributed by atoms with van der Waals surface area (Å²) in [6.07, 6.45) is 0.624. The van der Waals surface area contributed by atoms with Gasteiger partial charge in [0.1, 0.15) is 0 Å². The summed E-state index contributed by atoms with van der Waals surface area (Å²) in [4.78, 5) is 0. The molecule has 16 heavy (non-hydrogen) atoms. The summed E-state index contributed by atoms with van der Waals surface area (Å²) in [5.74, 6) is 0.156. The van der Waals surface area contributed by atoms with Crippen LogP contribution >= 0.6 is 0 Å². The van der Waals surface area contributed by atoms with Crippen LogP contribution in [0.2, 0.25) is 0 Å². The highest BCUT2D eigenvalue weighted by Gasteiger charge is 2.29. The van der Waals surface area contributed by atoms with Crippen molar-refractivity contribution in [1.29, 1.82) is 0 Å². The van der Waals surface area contributed by atoms with Crippen LogP contribution in [0.3, 0.4) is 0 Å². The molecule has 0 bridgehead atoms. The summed E-state index contributed by atoms with van der Waals surface area (Å²) in [6, 6.07) is 0. The molecule has 1 unspecified atom stereocenters. The summed E-state index contributed by atoms with van der Waals surface area (Å²) in [7, 11) is -3.05. The first-order chi connectivity index (χ1) is 6.88. The van der Waals surface area contributed by atoms with E-state index >= 15 is 0 Å². The zero-order valence-electron chi connectivity index (χ0n) is 11.4. The van der Waals surface area contributed by atoms with Crippen molar-refractivity contribution < 1.29 is 13.5 Å². The minimum atomic E-state index is -3.05. The molecule has 0 heterocycles. The van der Waals surface area contributed by atoms with Gasteiger partial charge in [-0.25, -0.2) is 8.42 Å². The zero-order chi connectivity index (χ0) is 13.2. The van der Waals surface area contributed by atoms with Crippen LogP contribution in [0.15, 0.2) is 0 Å². The van der Waals surface area contributed by atoms with Crippen molar-refractivity contribution in [2.24, 2.45) is 5.41 Å². The van der Waals surface area contributed by atoms with Gasteiger partial charge in [-0.05, 0) is 39.0 Å². The lowest BCUT2D eigenvalue weighted by Crippen LogP contribution is -2.32. The van der Waals surface area contributed by atoms with E-state index in [9.17, 15) is 13.5 Å². The molecule has 0 fully saturated rings. The molecule has 0 aliphatic rings. The Morgan fingerprint density at radius 2 is 1.50 bits per heavy atom. The molecule has 4 heteroatoms. The van der Waals surface area contributed by atoms with E-state index in [1.807, 2.05) is 20.8 Å². The lowest BCUT2D eigenvalue weighted by Gasteiger charge is -2.26. The van der Waals surface area contributed by atoms with E-state index < -0.39 is 20.7 Å². The van der Waals surface area contributed by atoms with E-state index in [-0.39, 0.29) is 11.2 Å². The van der Waals surface area contributed by atoms with Crippen LogP contribution in [0.1, 0.15) is 54.4 Å². The Labute approximate surface area is 100 Å². The van der Waals surface area contributed by atoms with Crippen molar-refractivity contribution in [2.45, 2.75) is 65.2 Å². The van der Waals surface area contributed by atoms with Gasteiger partial charge in [-0.2, -0.15) is 0 Å². The maximum absolute atomic E-state index is 11.8. The molecule has 0 aromatic heterocycles. The van der Waals surface area contributed by atoms with Gasteiger partial charge >= 0.3 is 0 Å². The average Bonchev–Trinajstić information content (AvgIpc) is 1.99. The van der Waals surface area contributed by atoms with Gasteiger partial charge in [0.2, 0.25) is 0 Å². The molecule has 3 nitrogen and oxygen atoms in total. The fraction of sp³-hybridized carbons (Fsp3) is 1.00. The third kappa shape index (κ3) is 4.83. The first-order valence-electron chi connectivity index (χ1n) is 5.78. The van der Waals surface area contributed by atoms with Crippen molar-refractivity contribution >= 4 is 9.84 Å². The number of rotatable bonds is 4. The molecule has 0 aromatic rings. The van der Waals surface area contributed by atoms with Gasteiger partial charge in [-0.1, -0.05) is 20.8 Å². The molecule has 0 aromatic carbocycles. The SMILES string of the molecule is CC(C)(C)C(O)CCCS(=O)(=O)C(C)(C)C. The van der Waals surface area contributed by atoms with Crippen LogP contribution in [0.5, 0.6) is 0 Å². The zero-order valence-corrected chi connectivity index (χ0v) is 12.2. The Bertz CT molecular complexity index is 304. The number of sulfone groups is 1. The second-order valence-corrected chi connectivity index (χ2v) is 9.32. The lowest BCUT2D eigenvalue weighted by atomic mass is 9.87. The smallest absolute Gasteiger partial charge is 0.155 e. The van der Waals surface area contributed by atoms with E-state index in [0.29, 0.717) is 12.8 Å². The van der Waals surface area contributed by atoms with E-state index in [1.54, 1.807) is 20.8 Å². The van der Waals surface area contributed by atoms with E-state index in [2.05, 4.69) is 0 Å². The van der Waals surface area contributed by atoms with Crippen molar-refractivity contribution in [3.8, 4) is 0 Å². The Kier molecular flexibility index (Phi) is 5.02. The van der Waals surface area contributed by atoms with Gasteiger partial charge in [0.25, 0.3) is 0 Å². The minimum Gasteiger partial charge on any atom is -0.393 e. The van der Waals surface area contributed by atoms with Gasteiger partial charge < -0.3 is 5.11 Å². The van der Waals surface area contributed by atoms with Gasteiger partial charge in [-0.3, -0.25) is 0 Å². The third-order valence-corrected chi connectivity index (χ3v) is 5.52. The van der Waals surface area contributed by atoms with Crippen LogP contribution in [-0.2, 0) is 9.84 Å². The quantitative estimate of drug-likeness (QED) is 0.833. The summed E-state index contributed by atoms with van der Waals surface area (Å²) in [6.45, 7) is 11.0. The van der Waals surface area contributed by atoms with Crippen molar-refractivity contribution in [2.75, 3.05) is 5.75 Å². The van der Waals surface area contributed by atoms with Gasteiger partial charge in [0.15, 0.2) is 9.84 Å². The summed E-state index contributed by atoms with van der Waals surface area (Å²) in [5.41, 5.74) is -0.175. The normalized spacial score (nSPS) is 16.2. The molecule has 0 aliphatic carbocycles. The molecular weight excluding hydrogens is 224 g/mol. The third-order valence-electron chi connectivity index (χ3n) is 2.82. The van der Waals surface area contributed by atoms with Crippen molar-refractivity contribution in [3.05, 3.63) is 0 Å². The van der Waals surface area contributed by atoms with Gasteiger partial charge in [-0.15, -0.1) is 0 Å². The molecule has 0 aliphatic heterocycles. The minimum absolute atomic E-state index is 0.156. The molecule has 0 saturated carbocycles. The van der Waals surface area contributed by atoms with Crippen LogP contribution < -0.4 is 0 Å². The molecule has 98 valence electrons. The predicted octanol–water partition coefficient (Wildman–Crippen LogP) is 2.39. The second-order valence-electron chi connectivity index (χ2n) is 6.46. The monoisotopic (exact) mass is 250 g/mol. The summed E-state index contributed by atoms with van der Waals surface area (Å²) < 4.78 is 22.9. The van der Waals surface area contributed by atoms with Crippen LogP contribution in [0, 0.1) is 5.41 Å². The Balaban J connectivity index is 4.21. The molecule has 1 atom stereocenters. The molecule has 0 saturated heterocycles. The molecule has 0 radical (unpaired) electrons. The first kappa shape index (κ1) is 15.9. The molecule has 0 spiro atoms. The van der Waals surface area contributed by atoms with Crippen LogP contribution in [0.4, 0.5) is 0 Å². The highest BCUT2D eigenvalue weighted by atomic mass is 32.2. The maximum atomic E-state index is 11.8. The lowest BCUT2D eigenvalue weighted by molar-refractivity contribution is 0.0552. The highest BCUT2D eigenvalue weighted by Crippen LogP contribution is 2.24. The molecule has 0 amide bonds. The van der Waals surface area contributed by atoms with Gasteiger partial charge in [0, 0.05) is 0 Å². The Morgan fingerprint density at radius 3 is 1.81 bits per heavy atom. The Hall–Kier alpha value is -0.0900. The fourth-order valence-electron chi connectivity index (χ4n) is 1.21. The fourth-order valence-corrected chi connectivity index (χ4v) is 2.36. The van der Waals surface area contributed by atoms with E-state index in [4.69, 9.17) is 0 Å².